The molecule has 0 aromatic heterocycles. The van der Waals surface area contributed by atoms with Gasteiger partial charge in [0.2, 0.25) is 5.91 Å². The lowest BCUT2D eigenvalue weighted by Crippen LogP contribution is -2.28. The lowest BCUT2D eigenvalue weighted by atomic mass is 10.0. The largest absolute Gasteiger partial charge is 0.478 e. The molecule has 3 rings (SSSR count). The SMILES string of the molecule is Cc1ccccc1CC(=O)NC1CCc2ccc(C(=O)O)cc21. The first kappa shape index (κ1) is 15.3. The number of hydrogen-bond acceptors (Lipinski definition) is 2. The molecule has 1 unspecified atom stereocenters. The standard InChI is InChI=1S/C19H19NO3/c1-12-4-2-3-5-14(12)11-18(21)20-17-9-8-13-6-7-15(19(22)23)10-16(13)17/h2-7,10,17H,8-9,11H2,1H3,(H,20,21)(H,22,23). The van der Waals surface area contributed by atoms with Crippen LogP contribution < -0.4 is 5.32 Å². The molecule has 0 saturated carbocycles. The zero-order chi connectivity index (χ0) is 16.4. The van der Waals surface area contributed by atoms with Crippen molar-refractivity contribution >= 4 is 11.9 Å². The molecule has 0 heterocycles. The van der Waals surface area contributed by atoms with E-state index >= 15 is 0 Å². The molecule has 0 bridgehead atoms. The molecule has 2 N–H and O–H groups in total. The number of rotatable bonds is 4. The number of carboxylic acids is 1. The maximum atomic E-state index is 12.3. The Balaban J connectivity index is 1.73. The number of aromatic carboxylic acids is 1. The van der Waals surface area contributed by atoms with Gasteiger partial charge >= 0.3 is 5.97 Å². The first-order valence-corrected chi connectivity index (χ1v) is 7.74. The topological polar surface area (TPSA) is 66.4 Å². The van der Waals surface area contributed by atoms with Crippen LogP contribution >= 0.6 is 0 Å². The van der Waals surface area contributed by atoms with Crippen LogP contribution in [0.2, 0.25) is 0 Å². The van der Waals surface area contributed by atoms with Crippen molar-refractivity contribution in [2.45, 2.75) is 32.2 Å². The van der Waals surface area contributed by atoms with Crippen LogP contribution in [0.25, 0.3) is 0 Å². The first-order chi connectivity index (χ1) is 11.0. The summed E-state index contributed by atoms with van der Waals surface area (Å²) in [5.41, 5.74) is 4.44. The van der Waals surface area contributed by atoms with Crippen molar-refractivity contribution in [1.29, 1.82) is 0 Å². The fourth-order valence-corrected chi connectivity index (χ4v) is 3.11. The number of benzene rings is 2. The van der Waals surface area contributed by atoms with E-state index in [1.54, 1.807) is 12.1 Å². The molecular weight excluding hydrogens is 290 g/mol. The molecule has 4 nitrogen and oxygen atoms in total. The van der Waals surface area contributed by atoms with E-state index in [4.69, 9.17) is 5.11 Å². The van der Waals surface area contributed by atoms with Gasteiger partial charge in [-0.05, 0) is 54.2 Å². The molecule has 2 aromatic carbocycles. The van der Waals surface area contributed by atoms with Crippen LogP contribution in [-0.4, -0.2) is 17.0 Å². The molecular formula is C19H19NO3. The predicted octanol–water partition coefficient (Wildman–Crippen LogP) is 3.04. The Morgan fingerprint density at radius 2 is 2.00 bits per heavy atom. The molecule has 0 radical (unpaired) electrons. The van der Waals surface area contributed by atoms with Gasteiger partial charge in [-0.15, -0.1) is 0 Å². The van der Waals surface area contributed by atoms with Crippen LogP contribution in [0.5, 0.6) is 0 Å². The van der Waals surface area contributed by atoms with E-state index in [1.807, 2.05) is 37.3 Å². The van der Waals surface area contributed by atoms with Gasteiger partial charge in [0.05, 0.1) is 18.0 Å². The highest BCUT2D eigenvalue weighted by Crippen LogP contribution is 2.32. The Morgan fingerprint density at radius 1 is 1.22 bits per heavy atom. The van der Waals surface area contributed by atoms with Crippen LogP contribution in [-0.2, 0) is 17.6 Å². The second-order valence-corrected chi connectivity index (χ2v) is 5.98. The third-order valence-electron chi connectivity index (χ3n) is 4.42. The van der Waals surface area contributed by atoms with Crippen molar-refractivity contribution in [2.24, 2.45) is 0 Å². The average molecular weight is 309 g/mol. The Labute approximate surface area is 135 Å². The van der Waals surface area contributed by atoms with Crippen LogP contribution in [0, 0.1) is 6.92 Å². The van der Waals surface area contributed by atoms with Crippen LogP contribution in [0.1, 0.15) is 45.1 Å². The third-order valence-corrected chi connectivity index (χ3v) is 4.42. The first-order valence-electron chi connectivity index (χ1n) is 7.74. The summed E-state index contributed by atoms with van der Waals surface area (Å²) in [7, 11) is 0. The van der Waals surface area contributed by atoms with E-state index in [0.29, 0.717) is 6.42 Å². The minimum atomic E-state index is -0.940. The summed E-state index contributed by atoms with van der Waals surface area (Å²) in [4.78, 5) is 23.4. The minimum absolute atomic E-state index is 0.0297. The molecule has 4 heteroatoms. The average Bonchev–Trinajstić information content (AvgIpc) is 2.92. The van der Waals surface area contributed by atoms with Gasteiger partial charge in [-0.1, -0.05) is 30.3 Å². The van der Waals surface area contributed by atoms with Crippen molar-refractivity contribution in [3.05, 3.63) is 70.3 Å². The van der Waals surface area contributed by atoms with Crippen LogP contribution in [0.15, 0.2) is 42.5 Å². The van der Waals surface area contributed by atoms with Gasteiger partial charge < -0.3 is 10.4 Å². The van der Waals surface area contributed by atoms with Crippen molar-refractivity contribution in [3.8, 4) is 0 Å². The zero-order valence-electron chi connectivity index (χ0n) is 13.0. The molecule has 1 aliphatic rings. The number of carbonyl (C=O) groups is 2. The lowest BCUT2D eigenvalue weighted by molar-refractivity contribution is -0.121. The summed E-state index contributed by atoms with van der Waals surface area (Å²) in [6, 6.07) is 12.9. The lowest BCUT2D eigenvalue weighted by Gasteiger charge is -2.15. The number of hydrogen-bond donors (Lipinski definition) is 2. The van der Waals surface area contributed by atoms with Crippen LogP contribution in [0.3, 0.4) is 0 Å². The molecule has 0 saturated heterocycles. The second-order valence-electron chi connectivity index (χ2n) is 5.98. The summed E-state index contributed by atoms with van der Waals surface area (Å²) in [6.07, 6.45) is 2.03. The van der Waals surface area contributed by atoms with Gasteiger partial charge in [-0.3, -0.25) is 4.79 Å². The van der Waals surface area contributed by atoms with Crippen LogP contribution in [0.4, 0.5) is 0 Å². The zero-order valence-corrected chi connectivity index (χ0v) is 13.0. The number of aryl methyl sites for hydroxylation is 2. The number of carbonyl (C=O) groups excluding carboxylic acids is 1. The summed E-state index contributed by atoms with van der Waals surface area (Å²) in [5.74, 6) is -0.970. The van der Waals surface area contributed by atoms with Gasteiger partial charge in [0.25, 0.3) is 0 Å². The fraction of sp³-hybridized carbons (Fsp3) is 0.263. The Bertz CT molecular complexity index is 767. The smallest absolute Gasteiger partial charge is 0.335 e. The highest BCUT2D eigenvalue weighted by atomic mass is 16.4. The highest BCUT2D eigenvalue weighted by Gasteiger charge is 2.25. The second kappa shape index (κ2) is 6.24. The van der Waals surface area contributed by atoms with Crippen molar-refractivity contribution < 1.29 is 14.7 Å². The molecule has 1 aliphatic carbocycles. The highest BCUT2D eigenvalue weighted by molar-refractivity contribution is 5.88. The number of amides is 1. The molecule has 2 aromatic rings. The maximum Gasteiger partial charge on any atom is 0.335 e. The van der Waals surface area contributed by atoms with E-state index < -0.39 is 5.97 Å². The van der Waals surface area contributed by atoms with Gasteiger partial charge in [0, 0.05) is 0 Å². The molecule has 118 valence electrons. The number of nitrogens with one attached hydrogen (secondary N) is 1. The number of carboxylic acid groups (broad SMARTS) is 1. The Hall–Kier alpha value is -2.62. The predicted molar refractivity (Wildman–Crippen MR) is 87.5 cm³/mol. The molecule has 23 heavy (non-hydrogen) atoms. The molecule has 0 spiro atoms. The quantitative estimate of drug-likeness (QED) is 0.912. The monoisotopic (exact) mass is 309 g/mol. The fourth-order valence-electron chi connectivity index (χ4n) is 3.11. The third kappa shape index (κ3) is 3.26. The van der Waals surface area contributed by atoms with Crippen molar-refractivity contribution in [1.82, 2.24) is 5.32 Å². The van der Waals surface area contributed by atoms with Gasteiger partial charge in [0.1, 0.15) is 0 Å². The Kier molecular flexibility index (Phi) is 4.15. The summed E-state index contributed by atoms with van der Waals surface area (Å²) >= 11 is 0. The van der Waals surface area contributed by atoms with Gasteiger partial charge in [-0.2, -0.15) is 0 Å². The molecule has 1 amide bonds. The van der Waals surface area contributed by atoms with E-state index in [2.05, 4.69) is 5.32 Å². The van der Waals surface area contributed by atoms with Gasteiger partial charge in [0.15, 0.2) is 0 Å². The normalized spacial score (nSPS) is 16.0. The maximum absolute atomic E-state index is 12.3. The van der Waals surface area contributed by atoms with E-state index in [0.717, 1.165) is 35.1 Å². The summed E-state index contributed by atoms with van der Waals surface area (Å²) in [5, 5.41) is 12.2. The van der Waals surface area contributed by atoms with Crippen molar-refractivity contribution in [3.63, 3.8) is 0 Å². The molecule has 0 fully saturated rings. The van der Waals surface area contributed by atoms with E-state index in [-0.39, 0.29) is 17.5 Å². The van der Waals surface area contributed by atoms with Gasteiger partial charge in [-0.25, -0.2) is 4.79 Å². The minimum Gasteiger partial charge on any atom is -0.478 e. The molecule has 0 aliphatic heterocycles. The van der Waals surface area contributed by atoms with Crippen molar-refractivity contribution in [2.75, 3.05) is 0 Å². The summed E-state index contributed by atoms with van der Waals surface area (Å²) in [6.45, 7) is 1.99. The van der Waals surface area contributed by atoms with E-state index in [9.17, 15) is 9.59 Å². The van der Waals surface area contributed by atoms with E-state index in [1.165, 1.54) is 0 Å². The Morgan fingerprint density at radius 3 is 2.74 bits per heavy atom. The molecule has 1 atom stereocenters. The summed E-state index contributed by atoms with van der Waals surface area (Å²) < 4.78 is 0. The number of fused-ring (bicyclic) bond motifs is 1.